The fraction of sp³-hybridized carbons (Fsp3) is 0.182. The number of para-hydroxylation sites is 1. The van der Waals surface area contributed by atoms with E-state index < -0.39 is 12.2 Å². The molecule has 60 heavy (non-hydrogen) atoms. The summed E-state index contributed by atoms with van der Waals surface area (Å²) in [6.45, 7) is 0.157. The molecule has 1 N–H and O–H groups in total. The molecule has 0 atom stereocenters. The monoisotopic (exact) mass is 849 g/mol. The lowest BCUT2D eigenvalue weighted by Crippen LogP contribution is -2.15. The van der Waals surface area contributed by atoms with Gasteiger partial charge in [-0.05, 0) is 71.3 Å². The van der Waals surface area contributed by atoms with Crippen molar-refractivity contribution < 1.29 is 51.7 Å². The average molecular weight is 850 g/mol. The van der Waals surface area contributed by atoms with Gasteiger partial charge in [0.2, 0.25) is 5.75 Å². The highest BCUT2D eigenvalue weighted by atomic mass is 33.1. The summed E-state index contributed by atoms with van der Waals surface area (Å²) in [4.78, 5) is 24.7. The van der Waals surface area contributed by atoms with Crippen LogP contribution in [0.25, 0.3) is 23.8 Å². The Balaban J connectivity index is 0.971. The predicted octanol–water partition coefficient (Wildman–Crippen LogP) is 9.76. The number of carbonyl (C=O) groups excluding carboxylic acids is 2. The van der Waals surface area contributed by atoms with Gasteiger partial charge in [0.25, 0.3) is 0 Å². The van der Waals surface area contributed by atoms with Gasteiger partial charge in [-0.15, -0.1) is 0 Å². The van der Waals surface area contributed by atoms with Crippen molar-refractivity contribution in [1.82, 2.24) is 0 Å². The van der Waals surface area contributed by atoms with Crippen LogP contribution >= 0.6 is 21.9 Å². The number of nitrogens with one attached hydrogen (secondary N) is 1. The van der Waals surface area contributed by atoms with Crippen LogP contribution in [-0.2, 0) is 13.7 Å². The Morgan fingerprint density at radius 2 is 1.38 bits per heavy atom. The molecule has 0 fully saturated rings. The van der Waals surface area contributed by atoms with Crippen molar-refractivity contribution >= 4 is 63.6 Å². The van der Waals surface area contributed by atoms with E-state index in [1.165, 1.54) is 25.0 Å². The molecule has 0 aliphatic carbocycles. The molecule has 16 heteroatoms. The summed E-state index contributed by atoms with van der Waals surface area (Å²) in [6, 6.07) is 26.9. The third kappa shape index (κ3) is 12.5. The lowest BCUT2D eigenvalue weighted by atomic mass is 9.97. The van der Waals surface area contributed by atoms with Crippen molar-refractivity contribution in [2.24, 2.45) is 0 Å². The van der Waals surface area contributed by atoms with Crippen LogP contribution in [0.5, 0.6) is 34.5 Å². The van der Waals surface area contributed by atoms with E-state index in [0.29, 0.717) is 57.1 Å². The van der Waals surface area contributed by atoms with E-state index in [-0.39, 0.29) is 31.1 Å². The molecule has 0 bridgehead atoms. The highest BCUT2D eigenvalue weighted by Gasteiger charge is 2.19. The van der Waals surface area contributed by atoms with Gasteiger partial charge in [-0.25, -0.2) is 9.59 Å². The van der Waals surface area contributed by atoms with Crippen LogP contribution in [-0.4, -0.2) is 66.3 Å². The number of hydrogen-bond donors (Lipinski definition) is 1. The minimum Gasteiger partial charge on any atom is -0.493 e. The van der Waals surface area contributed by atoms with Crippen LogP contribution in [0.2, 0.25) is 0 Å². The first-order chi connectivity index (χ1) is 29.3. The van der Waals surface area contributed by atoms with Gasteiger partial charge in [0.15, 0.2) is 23.0 Å². The maximum absolute atomic E-state index is 12.4. The molecule has 0 aromatic heterocycles. The summed E-state index contributed by atoms with van der Waals surface area (Å²) in [6.07, 6.45) is 7.34. The van der Waals surface area contributed by atoms with Crippen LogP contribution in [0.3, 0.4) is 0 Å². The zero-order valence-electron chi connectivity index (χ0n) is 32.9. The topological polar surface area (TPSA) is 177 Å². The summed E-state index contributed by atoms with van der Waals surface area (Å²) >= 11 is 1.07. The van der Waals surface area contributed by atoms with Gasteiger partial charge < -0.3 is 42.1 Å². The lowest BCUT2D eigenvalue weighted by molar-refractivity contribution is 0.0871. The van der Waals surface area contributed by atoms with Crippen LogP contribution in [0.15, 0.2) is 102 Å². The second-order valence-electron chi connectivity index (χ2n) is 12.0. The number of amides is 1. The molecule has 1 amide bonds. The number of carbonyl (C=O) groups is 2. The molecule has 14 nitrogen and oxygen atoms in total. The SMILES string of the molecule is COc1ccc(/C=C/c2cc(OC)c(OC)c(OC)c2)cc1OC(=O)OCCOSSCCOC(=O)Nc1ccc(/C=C/C2=CC(=C(C#N)C#N)c3ccccc3O2)cc1. The van der Waals surface area contributed by atoms with E-state index in [0.717, 1.165) is 27.8 Å². The van der Waals surface area contributed by atoms with Gasteiger partial charge in [0.05, 0.1) is 46.1 Å². The van der Waals surface area contributed by atoms with Crippen molar-refractivity contribution in [1.29, 1.82) is 10.5 Å². The van der Waals surface area contributed by atoms with E-state index in [1.807, 2.05) is 42.5 Å². The van der Waals surface area contributed by atoms with E-state index in [2.05, 4.69) is 5.32 Å². The van der Waals surface area contributed by atoms with Crippen molar-refractivity contribution in [3.05, 3.63) is 125 Å². The largest absolute Gasteiger partial charge is 0.514 e. The number of nitrogens with zero attached hydrogens (tertiary/aromatic N) is 2. The number of rotatable bonds is 18. The minimum absolute atomic E-state index is 0.00519. The minimum atomic E-state index is -0.927. The van der Waals surface area contributed by atoms with Crippen LogP contribution in [0, 0.1) is 22.7 Å². The molecular formula is C44H39N3O11S2. The first kappa shape index (κ1) is 44.1. The van der Waals surface area contributed by atoms with Crippen molar-refractivity contribution in [3.8, 4) is 46.6 Å². The van der Waals surface area contributed by atoms with E-state index in [4.69, 9.17) is 42.1 Å². The number of fused-ring (bicyclic) bond motifs is 1. The van der Waals surface area contributed by atoms with Gasteiger partial charge >= 0.3 is 12.2 Å². The Labute approximate surface area is 355 Å². The Hall–Kier alpha value is -6.98. The van der Waals surface area contributed by atoms with Crippen molar-refractivity contribution in [2.75, 3.05) is 59.3 Å². The molecule has 5 rings (SSSR count). The summed E-state index contributed by atoms with van der Waals surface area (Å²) < 4.78 is 48.7. The maximum atomic E-state index is 12.4. The smallest absolute Gasteiger partial charge is 0.493 e. The van der Waals surface area contributed by atoms with Gasteiger partial charge in [-0.2, -0.15) is 10.5 Å². The fourth-order valence-corrected chi connectivity index (χ4v) is 6.65. The number of hydrogen-bond acceptors (Lipinski definition) is 15. The summed E-state index contributed by atoms with van der Waals surface area (Å²) in [5.74, 6) is 3.49. The van der Waals surface area contributed by atoms with E-state index in [1.54, 1.807) is 93.1 Å². The number of methoxy groups -OCH3 is 4. The third-order valence-electron chi connectivity index (χ3n) is 8.20. The molecule has 1 aliphatic heterocycles. The molecule has 308 valence electrons. The maximum Gasteiger partial charge on any atom is 0.514 e. The fourth-order valence-electron chi connectivity index (χ4n) is 5.41. The normalized spacial score (nSPS) is 11.6. The third-order valence-corrected chi connectivity index (χ3v) is 9.97. The zero-order valence-corrected chi connectivity index (χ0v) is 34.6. The molecule has 0 spiro atoms. The number of nitriles is 2. The summed E-state index contributed by atoms with van der Waals surface area (Å²) in [5, 5.41) is 21.5. The molecule has 1 aliphatic rings. The second kappa shape index (κ2) is 22.8. The van der Waals surface area contributed by atoms with Crippen LogP contribution in [0.4, 0.5) is 15.3 Å². The van der Waals surface area contributed by atoms with Crippen molar-refractivity contribution in [2.45, 2.75) is 0 Å². The van der Waals surface area contributed by atoms with E-state index in [9.17, 15) is 20.1 Å². The quantitative estimate of drug-likeness (QED) is 0.0190. The predicted molar refractivity (Wildman–Crippen MR) is 230 cm³/mol. The lowest BCUT2D eigenvalue weighted by Gasteiger charge is -2.18. The summed E-state index contributed by atoms with van der Waals surface area (Å²) in [7, 11) is 7.40. The van der Waals surface area contributed by atoms with Crippen LogP contribution < -0.4 is 33.7 Å². The van der Waals surface area contributed by atoms with Gasteiger partial charge in [0, 0.05) is 22.6 Å². The number of ether oxygens (including phenoxy) is 8. The highest BCUT2D eigenvalue weighted by molar-refractivity contribution is 8.74. The number of allylic oxidation sites excluding steroid dienone is 4. The summed E-state index contributed by atoms with van der Waals surface area (Å²) in [5.41, 5.74) is 4.04. The Kier molecular flexibility index (Phi) is 16.8. The van der Waals surface area contributed by atoms with Crippen molar-refractivity contribution in [3.63, 3.8) is 0 Å². The number of benzene rings is 4. The number of anilines is 1. The molecule has 0 saturated heterocycles. The Bertz CT molecular complexity index is 2320. The zero-order chi connectivity index (χ0) is 42.7. The van der Waals surface area contributed by atoms with Gasteiger partial charge in [0.1, 0.15) is 42.4 Å². The van der Waals surface area contributed by atoms with Crippen LogP contribution in [0.1, 0.15) is 22.3 Å². The van der Waals surface area contributed by atoms with Gasteiger partial charge in [-0.1, -0.05) is 65.4 Å². The highest BCUT2D eigenvalue weighted by Crippen LogP contribution is 2.39. The Morgan fingerprint density at radius 1 is 0.717 bits per heavy atom. The molecule has 4 aromatic rings. The first-order valence-electron chi connectivity index (χ1n) is 18.0. The van der Waals surface area contributed by atoms with Gasteiger partial charge in [-0.3, -0.25) is 5.32 Å². The second-order valence-corrected chi connectivity index (χ2v) is 14.1. The average Bonchev–Trinajstić information content (AvgIpc) is 3.27. The Morgan fingerprint density at radius 3 is 2.08 bits per heavy atom. The first-order valence-corrected chi connectivity index (χ1v) is 20.2. The molecule has 0 radical (unpaired) electrons. The standard InChI is InChI=1S/C44H39N3O11S2/c1-50-38-18-14-30(9-10-31-24-40(51-2)42(53-4)41(25-31)52-3)23-39(38)58-44(49)55-19-20-56-60-59-22-21-54-43(48)47-33-15-11-29(12-16-33)13-17-34-26-36(32(27-45)28-46)35-7-5-6-8-37(35)57-34/h5-18,23-26H,19-22H2,1-4H3,(H,47,48)/b10-9+,17-13+. The molecule has 1 heterocycles. The molecule has 0 saturated carbocycles. The van der Waals surface area contributed by atoms with E-state index >= 15 is 0 Å². The molecule has 0 unspecified atom stereocenters. The molecular weight excluding hydrogens is 811 g/mol. The molecule has 4 aromatic carbocycles.